The summed E-state index contributed by atoms with van der Waals surface area (Å²) in [5.41, 5.74) is 0.342. The average Bonchev–Trinajstić information content (AvgIpc) is 2.52. The van der Waals surface area contributed by atoms with E-state index in [-0.39, 0.29) is 17.4 Å². The van der Waals surface area contributed by atoms with Gasteiger partial charge in [0.2, 0.25) is 0 Å². The van der Waals surface area contributed by atoms with Crippen LogP contribution in [0.15, 0.2) is 29.2 Å². The van der Waals surface area contributed by atoms with Crippen molar-refractivity contribution in [1.82, 2.24) is 9.21 Å². The van der Waals surface area contributed by atoms with Crippen LogP contribution in [0.3, 0.4) is 0 Å². The fourth-order valence-electron chi connectivity index (χ4n) is 2.95. The van der Waals surface area contributed by atoms with Gasteiger partial charge in [-0.1, -0.05) is 19.1 Å². The van der Waals surface area contributed by atoms with Crippen LogP contribution in [-0.2, 0) is 14.8 Å². The van der Waals surface area contributed by atoms with Crippen molar-refractivity contribution in [3.63, 3.8) is 0 Å². The standard InChI is InChI=1S/C15H21N3O4S/c1-12(10-17-6-8-22-9-7-17)11-18-15(19)16-13-4-2-3-5-14(13)23(18,20)21/h2-5,12H,6-11H2,1H3,(H,16,19). The molecule has 2 heterocycles. The number of amides is 2. The highest BCUT2D eigenvalue weighted by molar-refractivity contribution is 7.90. The molecule has 0 aromatic heterocycles. The second kappa shape index (κ2) is 6.46. The molecule has 2 aliphatic heterocycles. The Labute approximate surface area is 136 Å². The maximum absolute atomic E-state index is 12.7. The molecule has 0 spiro atoms. The number of anilines is 1. The summed E-state index contributed by atoms with van der Waals surface area (Å²) in [6.45, 7) is 5.94. The number of benzene rings is 1. The quantitative estimate of drug-likeness (QED) is 0.891. The Kier molecular flexibility index (Phi) is 4.56. The first-order valence-electron chi connectivity index (χ1n) is 7.71. The van der Waals surface area contributed by atoms with Gasteiger partial charge in [0.25, 0.3) is 10.0 Å². The molecular weight excluding hydrogens is 318 g/mol. The maximum Gasteiger partial charge on any atom is 0.335 e. The van der Waals surface area contributed by atoms with E-state index in [4.69, 9.17) is 4.74 Å². The number of fused-ring (bicyclic) bond motifs is 1. The molecule has 3 rings (SSSR count). The lowest BCUT2D eigenvalue weighted by atomic mass is 10.1. The van der Waals surface area contributed by atoms with Crippen molar-refractivity contribution in [3.05, 3.63) is 24.3 Å². The number of para-hydroxylation sites is 1. The Morgan fingerprint density at radius 2 is 1.91 bits per heavy atom. The Morgan fingerprint density at radius 1 is 1.22 bits per heavy atom. The minimum absolute atomic E-state index is 0.0406. The lowest BCUT2D eigenvalue weighted by molar-refractivity contribution is 0.0311. The topological polar surface area (TPSA) is 79.0 Å². The predicted molar refractivity (Wildman–Crippen MR) is 85.8 cm³/mol. The summed E-state index contributed by atoms with van der Waals surface area (Å²) in [4.78, 5) is 14.6. The molecule has 0 saturated carbocycles. The number of sulfonamides is 1. The van der Waals surface area contributed by atoms with Crippen molar-refractivity contribution in [1.29, 1.82) is 0 Å². The summed E-state index contributed by atoms with van der Waals surface area (Å²) in [7, 11) is -3.79. The fourth-order valence-corrected chi connectivity index (χ4v) is 4.55. The normalized spacial score (nSPS) is 22.3. The van der Waals surface area contributed by atoms with E-state index in [9.17, 15) is 13.2 Å². The molecule has 0 radical (unpaired) electrons. The van der Waals surface area contributed by atoms with Crippen LogP contribution in [0.1, 0.15) is 6.92 Å². The van der Waals surface area contributed by atoms with E-state index in [2.05, 4.69) is 10.2 Å². The molecule has 0 aliphatic carbocycles. The smallest absolute Gasteiger partial charge is 0.335 e. The number of urea groups is 1. The van der Waals surface area contributed by atoms with E-state index in [0.29, 0.717) is 18.9 Å². The van der Waals surface area contributed by atoms with Crippen LogP contribution >= 0.6 is 0 Å². The fraction of sp³-hybridized carbons (Fsp3) is 0.533. The zero-order valence-electron chi connectivity index (χ0n) is 13.1. The molecule has 1 aromatic rings. The van der Waals surface area contributed by atoms with Gasteiger partial charge in [-0.15, -0.1) is 0 Å². The molecule has 8 heteroatoms. The van der Waals surface area contributed by atoms with Gasteiger partial charge in [0.15, 0.2) is 0 Å². The van der Waals surface area contributed by atoms with Crippen molar-refractivity contribution >= 4 is 21.7 Å². The van der Waals surface area contributed by atoms with Crippen LogP contribution in [-0.4, -0.2) is 63.0 Å². The Balaban J connectivity index is 1.73. The summed E-state index contributed by atoms with van der Waals surface area (Å²) in [5, 5.41) is 2.65. The molecule has 1 atom stereocenters. The number of carbonyl (C=O) groups excluding carboxylic acids is 1. The summed E-state index contributed by atoms with van der Waals surface area (Å²) in [5.74, 6) is 0.0406. The van der Waals surface area contributed by atoms with Crippen LogP contribution in [0.5, 0.6) is 0 Å². The molecule has 2 aliphatic rings. The molecule has 1 N–H and O–H groups in total. The SMILES string of the molecule is CC(CN1CCOCC1)CN1C(=O)Nc2ccccc2S1(=O)=O. The monoisotopic (exact) mass is 339 g/mol. The van der Waals surface area contributed by atoms with Crippen molar-refractivity contribution in [2.45, 2.75) is 11.8 Å². The van der Waals surface area contributed by atoms with Crippen LogP contribution in [0, 0.1) is 5.92 Å². The number of hydrogen-bond acceptors (Lipinski definition) is 5. The Hall–Kier alpha value is -1.64. The number of hydrogen-bond donors (Lipinski definition) is 1. The molecular formula is C15H21N3O4S. The van der Waals surface area contributed by atoms with Crippen molar-refractivity contribution < 1.29 is 17.9 Å². The van der Waals surface area contributed by atoms with Gasteiger partial charge in [0.1, 0.15) is 4.90 Å². The molecule has 126 valence electrons. The third kappa shape index (κ3) is 3.34. The molecule has 0 bridgehead atoms. The zero-order chi connectivity index (χ0) is 16.4. The minimum Gasteiger partial charge on any atom is -0.379 e. The van der Waals surface area contributed by atoms with Gasteiger partial charge < -0.3 is 10.1 Å². The Morgan fingerprint density at radius 3 is 2.65 bits per heavy atom. The second-order valence-corrected chi connectivity index (χ2v) is 7.81. The average molecular weight is 339 g/mol. The van der Waals surface area contributed by atoms with Gasteiger partial charge in [-0.2, -0.15) is 0 Å². The summed E-state index contributed by atoms with van der Waals surface area (Å²) >= 11 is 0. The molecule has 1 aromatic carbocycles. The van der Waals surface area contributed by atoms with E-state index >= 15 is 0 Å². The molecule has 2 amide bonds. The van der Waals surface area contributed by atoms with Crippen LogP contribution in [0.4, 0.5) is 10.5 Å². The lowest BCUT2D eigenvalue weighted by Crippen LogP contribution is -2.48. The summed E-state index contributed by atoms with van der Waals surface area (Å²) < 4.78 is 31.6. The predicted octanol–water partition coefficient (Wildman–Crippen LogP) is 1.19. The first kappa shape index (κ1) is 16.2. The number of morpholine rings is 1. The minimum atomic E-state index is -3.79. The molecule has 7 nitrogen and oxygen atoms in total. The van der Waals surface area contributed by atoms with Gasteiger partial charge in [-0.3, -0.25) is 4.90 Å². The molecule has 1 unspecified atom stereocenters. The van der Waals surface area contributed by atoms with E-state index < -0.39 is 16.1 Å². The van der Waals surface area contributed by atoms with E-state index in [1.54, 1.807) is 18.2 Å². The van der Waals surface area contributed by atoms with Gasteiger partial charge >= 0.3 is 6.03 Å². The van der Waals surface area contributed by atoms with Crippen LogP contribution in [0.25, 0.3) is 0 Å². The highest BCUT2D eigenvalue weighted by Gasteiger charge is 2.37. The first-order valence-corrected chi connectivity index (χ1v) is 9.15. The number of ether oxygens (including phenoxy) is 1. The number of nitrogens with zero attached hydrogens (tertiary/aromatic N) is 2. The van der Waals surface area contributed by atoms with Crippen molar-refractivity contribution in [3.8, 4) is 0 Å². The molecule has 1 fully saturated rings. The zero-order valence-corrected chi connectivity index (χ0v) is 13.9. The van der Waals surface area contributed by atoms with Gasteiger partial charge in [0.05, 0.1) is 18.9 Å². The highest BCUT2D eigenvalue weighted by atomic mass is 32.2. The third-order valence-corrected chi connectivity index (χ3v) is 5.88. The van der Waals surface area contributed by atoms with Crippen LogP contribution in [0.2, 0.25) is 0 Å². The van der Waals surface area contributed by atoms with Crippen LogP contribution < -0.4 is 5.32 Å². The van der Waals surface area contributed by atoms with E-state index in [1.165, 1.54) is 6.07 Å². The third-order valence-electron chi connectivity index (χ3n) is 4.07. The van der Waals surface area contributed by atoms with E-state index in [0.717, 1.165) is 23.9 Å². The maximum atomic E-state index is 12.7. The summed E-state index contributed by atoms with van der Waals surface area (Å²) in [6.07, 6.45) is 0. The largest absolute Gasteiger partial charge is 0.379 e. The van der Waals surface area contributed by atoms with Crippen molar-refractivity contribution in [2.24, 2.45) is 5.92 Å². The number of rotatable bonds is 4. The number of carbonyl (C=O) groups is 1. The Bertz CT molecular complexity index is 686. The van der Waals surface area contributed by atoms with E-state index in [1.807, 2.05) is 6.92 Å². The van der Waals surface area contributed by atoms with Crippen molar-refractivity contribution in [2.75, 3.05) is 44.7 Å². The first-order chi connectivity index (χ1) is 11.0. The van der Waals surface area contributed by atoms with Gasteiger partial charge in [-0.05, 0) is 18.1 Å². The molecule has 23 heavy (non-hydrogen) atoms. The second-order valence-electron chi connectivity index (χ2n) is 5.98. The molecule has 1 saturated heterocycles. The van der Waals surface area contributed by atoms with Gasteiger partial charge in [0, 0.05) is 26.2 Å². The summed E-state index contributed by atoms with van der Waals surface area (Å²) in [6, 6.07) is 5.88. The highest BCUT2D eigenvalue weighted by Crippen LogP contribution is 2.30. The lowest BCUT2D eigenvalue weighted by Gasteiger charge is -2.33. The number of nitrogens with one attached hydrogen (secondary N) is 1. The van der Waals surface area contributed by atoms with Gasteiger partial charge in [-0.25, -0.2) is 17.5 Å².